The molecule has 8 atom stereocenters. The zero-order valence-electron chi connectivity index (χ0n) is 24.5. The Morgan fingerprint density at radius 1 is 0.946 bits per heavy atom. The maximum Gasteiger partial charge on any atom is 0.338 e. The molecule has 37 heavy (non-hydrogen) atoms. The molecule has 0 radical (unpaired) electrons. The van der Waals surface area contributed by atoms with Crippen LogP contribution in [0.5, 0.6) is 0 Å². The van der Waals surface area contributed by atoms with Crippen molar-refractivity contribution in [3.63, 3.8) is 0 Å². The van der Waals surface area contributed by atoms with Gasteiger partial charge >= 0.3 is 5.97 Å². The molecule has 2 nitrogen and oxygen atoms in total. The van der Waals surface area contributed by atoms with E-state index in [0.717, 1.165) is 42.4 Å². The summed E-state index contributed by atoms with van der Waals surface area (Å²) in [6.07, 6.45) is 14.3. The first kappa shape index (κ1) is 27.0. The van der Waals surface area contributed by atoms with Gasteiger partial charge in [-0.15, -0.1) is 0 Å². The average molecular weight is 505 g/mol. The zero-order chi connectivity index (χ0) is 26.4. The predicted molar refractivity (Wildman–Crippen MR) is 153 cm³/mol. The van der Waals surface area contributed by atoms with Crippen molar-refractivity contribution in [1.29, 1.82) is 0 Å². The number of rotatable bonds is 7. The van der Waals surface area contributed by atoms with Gasteiger partial charge in [0.15, 0.2) is 0 Å². The van der Waals surface area contributed by atoms with Crippen LogP contribution in [-0.4, -0.2) is 12.1 Å². The summed E-state index contributed by atoms with van der Waals surface area (Å²) in [5.74, 6) is 4.64. The van der Waals surface area contributed by atoms with Crippen molar-refractivity contribution in [2.45, 2.75) is 118 Å². The molecule has 3 fully saturated rings. The van der Waals surface area contributed by atoms with Crippen LogP contribution in [-0.2, 0) is 4.74 Å². The average Bonchev–Trinajstić information content (AvgIpc) is 3.25. The van der Waals surface area contributed by atoms with Crippen molar-refractivity contribution < 1.29 is 9.53 Å². The van der Waals surface area contributed by atoms with Crippen LogP contribution in [0, 0.1) is 46.3 Å². The molecule has 0 spiro atoms. The van der Waals surface area contributed by atoms with Crippen LogP contribution in [0.4, 0.5) is 0 Å². The first-order valence-electron chi connectivity index (χ1n) is 15.6. The van der Waals surface area contributed by atoms with Gasteiger partial charge in [0.1, 0.15) is 6.10 Å². The highest BCUT2D eigenvalue weighted by Gasteiger charge is 2.56. The van der Waals surface area contributed by atoms with Crippen LogP contribution in [0.1, 0.15) is 123 Å². The lowest BCUT2D eigenvalue weighted by molar-refractivity contribution is -0.0499. The van der Waals surface area contributed by atoms with Gasteiger partial charge in [0, 0.05) is 0 Å². The number of benzene rings is 1. The molecular weight excluding hydrogens is 452 g/mol. The minimum Gasteiger partial charge on any atom is -0.459 e. The fraction of sp³-hybridized carbons (Fsp3) is 0.743. The predicted octanol–water partition coefficient (Wildman–Crippen LogP) is 9.64. The van der Waals surface area contributed by atoms with E-state index in [4.69, 9.17) is 4.74 Å². The molecular formula is C35H52O2. The number of hydrogen-bond donors (Lipinski definition) is 0. The first-order valence-corrected chi connectivity index (χ1v) is 15.6. The van der Waals surface area contributed by atoms with E-state index in [1.165, 1.54) is 57.8 Å². The van der Waals surface area contributed by atoms with Gasteiger partial charge in [-0.3, -0.25) is 0 Å². The van der Waals surface area contributed by atoms with E-state index < -0.39 is 0 Å². The summed E-state index contributed by atoms with van der Waals surface area (Å²) >= 11 is 0. The van der Waals surface area contributed by atoms with Gasteiger partial charge < -0.3 is 4.74 Å². The molecule has 0 N–H and O–H groups in total. The number of fused-ring (bicyclic) bond motifs is 4. The summed E-state index contributed by atoms with van der Waals surface area (Å²) in [5, 5.41) is 0. The third-order valence-corrected chi connectivity index (χ3v) is 12.2. The maximum atomic E-state index is 12.7. The second kappa shape index (κ2) is 10.5. The molecule has 0 bridgehead atoms. The molecule has 4 aliphatic carbocycles. The number of esters is 1. The molecule has 3 saturated carbocycles. The fourth-order valence-electron chi connectivity index (χ4n) is 9.36. The maximum absolute atomic E-state index is 12.7. The van der Waals surface area contributed by atoms with Crippen LogP contribution in [0.2, 0.25) is 0 Å². The molecule has 0 unspecified atom stereocenters. The van der Waals surface area contributed by atoms with Crippen molar-refractivity contribution in [1.82, 2.24) is 0 Å². The first-order chi connectivity index (χ1) is 17.6. The number of carbonyl (C=O) groups is 1. The molecule has 1 aromatic rings. The summed E-state index contributed by atoms with van der Waals surface area (Å²) in [6.45, 7) is 15.0. The molecule has 0 aliphatic heterocycles. The van der Waals surface area contributed by atoms with Crippen LogP contribution in [0.25, 0.3) is 0 Å². The Morgan fingerprint density at radius 2 is 1.70 bits per heavy atom. The largest absolute Gasteiger partial charge is 0.459 e. The van der Waals surface area contributed by atoms with Gasteiger partial charge in [-0.25, -0.2) is 4.79 Å². The van der Waals surface area contributed by atoms with Gasteiger partial charge in [0.25, 0.3) is 0 Å². The lowest BCUT2D eigenvalue weighted by Gasteiger charge is -2.57. The Hall–Kier alpha value is -1.57. The fourth-order valence-corrected chi connectivity index (χ4v) is 9.36. The Labute approximate surface area is 227 Å². The lowest BCUT2D eigenvalue weighted by atomic mass is 9.48. The van der Waals surface area contributed by atoms with Crippen LogP contribution < -0.4 is 0 Å². The summed E-state index contributed by atoms with van der Waals surface area (Å²) in [5.41, 5.74) is 5.29. The summed E-state index contributed by atoms with van der Waals surface area (Å²) in [4.78, 5) is 12.7. The van der Waals surface area contributed by atoms with Gasteiger partial charge in [-0.2, -0.15) is 0 Å². The van der Waals surface area contributed by atoms with Crippen molar-refractivity contribution in [2.75, 3.05) is 0 Å². The van der Waals surface area contributed by atoms with E-state index in [1.54, 1.807) is 0 Å². The molecule has 0 heterocycles. The van der Waals surface area contributed by atoms with Crippen molar-refractivity contribution in [2.24, 2.45) is 46.3 Å². The zero-order valence-corrected chi connectivity index (χ0v) is 24.5. The Bertz CT molecular complexity index is 992. The van der Waals surface area contributed by atoms with E-state index in [1.807, 2.05) is 41.5 Å². The second-order valence-corrected chi connectivity index (χ2v) is 14.3. The van der Waals surface area contributed by atoms with Crippen LogP contribution >= 0.6 is 0 Å². The molecule has 0 aromatic heterocycles. The standard InChI is InChI=1S/C35H52O2/c1-23(2)24(3)12-13-25(4)30-16-17-31-29-15-14-27-22-28(37-33(36)26-10-8-7-9-11-26)18-20-34(27,5)32(29)19-21-35(30,31)6/h7-11,23-25,27-28,30,32H,12-22H2,1-6H3/t24-,25+,27-,28+,30-,32-,34-,35-/m0/s1. The molecule has 1 aromatic carbocycles. The summed E-state index contributed by atoms with van der Waals surface area (Å²) in [7, 11) is 0. The van der Waals surface area contributed by atoms with E-state index in [9.17, 15) is 4.79 Å². The van der Waals surface area contributed by atoms with E-state index in [2.05, 4.69) is 41.5 Å². The minimum atomic E-state index is -0.143. The molecule has 204 valence electrons. The Morgan fingerprint density at radius 3 is 2.43 bits per heavy atom. The van der Waals surface area contributed by atoms with Gasteiger partial charge in [-0.1, -0.05) is 83.7 Å². The number of hydrogen-bond acceptors (Lipinski definition) is 2. The highest BCUT2D eigenvalue weighted by atomic mass is 16.5. The smallest absolute Gasteiger partial charge is 0.338 e. The normalized spacial score (nSPS) is 36.9. The SMILES string of the molecule is CC(C)[C@@H](C)CC[C@@H](C)[C@@H]1CCC2=C3CC[C@H]4C[C@H](OC(=O)c5ccccc5)CC[C@]4(C)[C@H]3CC[C@]21C. The van der Waals surface area contributed by atoms with Crippen molar-refractivity contribution in [3.05, 3.63) is 47.0 Å². The van der Waals surface area contributed by atoms with Gasteiger partial charge in [0.2, 0.25) is 0 Å². The highest BCUT2D eigenvalue weighted by molar-refractivity contribution is 5.89. The second-order valence-electron chi connectivity index (χ2n) is 14.3. The number of ether oxygens (including phenoxy) is 1. The van der Waals surface area contributed by atoms with E-state index in [-0.39, 0.29) is 12.1 Å². The Balaban J connectivity index is 1.27. The monoisotopic (exact) mass is 504 g/mol. The molecule has 2 heteroatoms. The third kappa shape index (κ3) is 4.96. The molecule has 5 rings (SSSR count). The van der Waals surface area contributed by atoms with E-state index in [0.29, 0.717) is 22.3 Å². The van der Waals surface area contributed by atoms with E-state index >= 15 is 0 Å². The Kier molecular flexibility index (Phi) is 7.69. The van der Waals surface area contributed by atoms with Crippen LogP contribution in [0.3, 0.4) is 0 Å². The number of allylic oxidation sites excluding steroid dienone is 2. The van der Waals surface area contributed by atoms with Crippen molar-refractivity contribution >= 4 is 5.97 Å². The topological polar surface area (TPSA) is 26.3 Å². The van der Waals surface area contributed by atoms with Gasteiger partial charge in [-0.05, 0) is 116 Å². The van der Waals surface area contributed by atoms with Gasteiger partial charge in [0.05, 0.1) is 5.56 Å². The highest BCUT2D eigenvalue weighted by Crippen LogP contribution is 2.66. The lowest BCUT2D eigenvalue weighted by Crippen LogP contribution is -2.48. The number of carbonyl (C=O) groups excluding carboxylic acids is 1. The quantitative estimate of drug-likeness (QED) is 0.273. The minimum absolute atomic E-state index is 0.0822. The summed E-state index contributed by atoms with van der Waals surface area (Å²) in [6, 6.07) is 9.53. The molecule has 0 saturated heterocycles. The molecule has 0 amide bonds. The van der Waals surface area contributed by atoms with Crippen LogP contribution in [0.15, 0.2) is 41.5 Å². The third-order valence-electron chi connectivity index (χ3n) is 12.2. The molecule has 4 aliphatic rings. The summed E-state index contributed by atoms with van der Waals surface area (Å²) < 4.78 is 6.04. The van der Waals surface area contributed by atoms with Crippen molar-refractivity contribution in [3.8, 4) is 0 Å².